The van der Waals surface area contributed by atoms with Crippen LogP contribution in [0.25, 0.3) is 0 Å². The Morgan fingerprint density at radius 3 is 2.75 bits per heavy atom. The van der Waals surface area contributed by atoms with Crippen LogP contribution in [-0.2, 0) is 6.54 Å². The fourth-order valence-corrected chi connectivity index (χ4v) is 2.61. The van der Waals surface area contributed by atoms with Gasteiger partial charge in [0.1, 0.15) is 0 Å². The molecule has 0 atom stereocenters. The fourth-order valence-electron chi connectivity index (χ4n) is 2.12. The van der Waals surface area contributed by atoms with Crippen molar-refractivity contribution in [2.75, 3.05) is 11.9 Å². The topological polar surface area (TPSA) is 53.6 Å². The first-order chi connectivity index (χ1) is 9.58. The van der Waals surface area contributed by atoms with Gasteiger partial charge in [-0.05, 0) is 44.5 Å². The summed E-state index contributed by atoms with van der Waals surface area (Å²) in [5, 5.41) is 16.7. The lowest BCUT2D eigenvalue weighted by Gasteiger charge is -2.08. The third-order valence-corrected chi connectivity index (χ3v) is 3.46. The van der Waals surface area contributed by atoms with E-state index in [9.17, 15) is 0 Å². The summed E-state index contributed by atoms with van der Waals surface area (Å²) in [6, 6.07) is 9.87. The van der Waals surface area contributed by atoms with Crippen LogP contribution in [0.4, 0.5) is 5.69 Å². The van der Waals surface area contributed by atoms with E-state index in [2.05, 4.69) is 45.4 Å². The van der Waals surface area contributed by atoms with Gasteiger partial charge in [-0.25, -0.2) is 0 Å². The highest BCUT2D eigenvalue weighted by Crippen LogP contribution is 2.19. The van der Waals surface area contributed by atoms with Crippen LogP contribution in [0.5, 0.6) is 0 Å². The van der Waals surface area contributed by atoms with Crippen molar-refractivity contribution in [2.24, 2.45) is 0 Å². The van der Waals surface area contributed by atoms with Crippen molar-refractivity contribution in [1.82, 2.24) is 9.78 Å². The van der Waals surface area contributed by atoms with Crippen molar-refractivity contribution < 1.29 is 0 Å². The van der Waals surface area contributed by atoms with E-state index in [4.69, 9.17) is 5.26 Å². The lowest BCUT2D eigenvalue weighted by molar-refractivity contribution is 0.574. The number of aromatic nitrogens is 2. The van der Waals surface area contributed by atoms with Crippen LogP contribution < -0.4 is 5.32 Å². The minimum atomic E-state index is 0.653. The summed E-state index contributed by atoms with van der Waals surface area (Å²) in [6.07, 6.45) is 0.983. The van der Waals surface area contributed by atoms with Crippen molar-refractivity contribution >= 4 is 21.6 Å². The van der Waals surface area contributed by atoms with E-state index in [1.54, 1.807) is 6.07 Å². The lowest BCUT2D eigenvalue weighted by atomic mass is 10.2. The number of hydrogen-bond acceptors (Lipinski definition) is 3. The number of benzene rings is 1. The molecule has 0 bridgehead atoms. The van der Waals surface area contributed by atoms with E-state index in [1.165, 1.54) is 5.69 Å². The Balaban J connectivity index is 1.86. The van der Waals surface area contributed by atoms with E-state index < -0.39 is 0 Å². The van der Waals surface area contributed by atoms with Crippen LogP contribution in [0.15, 0.2) is 28.7 Å². The molecule has 2 rings (SSSR count). The SMILES string of the molecule is Cc1cc(C)n(CCCNc2cc(Br)cc(C#N)c2)n1. The number of rotatable bonds is 5. The summed E-state index contributed by atoms with van der Waals surface area (Å²) < 4.78 is 2.94. The van der Waals surface area contributed by atoms with Crippen molar-refractivity contribution in [3.8, 4) is 6.07 Å². The Labute approximate surface area is 127 Å². The molecule has 0 spiro atoms. The zero-order valence-electron chi connectivity index (χ0n) is 11.7. The number of halogens is 1. The Kier molecular flexibility index (Phi) is 4.80. The maximum atomic E-state index is 8.93. The molecule has 1 heterocycles. The van der Waals surface area contributed by atoms with Crippen LogP contribution in [0.3, 0.4) is 0 Å². The molecule has 1 N–H and O–H groups in total. The maximum absolute atomic E-state index is 8.93. The summed E-state index contributed by atoms with van der Waals surface area (Å²) in [4.78, 5) is 0. The smallest absolute Gasteiger partial charge is 0.0992 e. The van der Waals surface area contributed by atoms with Gasteiger partial charge < -0.3 is 5.32 Å². The first kappa shape index (κ1) is 14.6. The molecule has 0 amide bonds. The predicted molar refractivity (Wildman–Crippen MR) is 83.7 cm³/mol. The lowest BCUT2D eigenvalue weighted by Crippen LogP contribution is -2.09. The van der Waals surface area contributed by atoms with E-state index in [1.807, 2.05) is 23.7 Å². The summed E-state index contributed by atoms with van der Waals surface area (Å²) in [5.41, 5.74) is 3.86. The van der Waals surface area contributed by atoms with Gasteiger partial charge in [-0.1, -0.05) is 15.9 Å². The third-order valence-electron chi connectivity index (χ3n) is 3.01. The molecule has 0 unspecified atom stereocenters. The molecule has 0 saturated heterocycles. The highest BCUT2D eigenvalue weighted by atomic mass is 79.9. The molecular formula is C15H17BrN4. The molecule has 1 aromatic carbocycles. The number of anilines is 1. The average Bonchev–Trinajstić information content (AvgIpc) is 2.72. The van der Waals surface area contributed by atoms with Gasteiger partial charge >= 0.3 is 0 Å². The zero-order valence-corrected chi connectivity index (χ0v) is 13.2. The minimum Gasteiger partial charge on any atom is -0.385 e. The average molecular weight is 333 g/mol. The van der Waals surface area contributed by atoms with E-state index in [0.29, 0.717) is 5.56 Å². The van der Waals surface area contributed by atoms with E-state index >= 15 is 0 Å². The van der Waals surface area contributed by atoms with Gasteiger partial charge in [-0.15, -0.1) is 0 Å². The summed E-state index contributed by atoms with van der Waals surface area (Å²) in [6.45, 7) is 5.82. The van der Waals surface area contributed by atoms with Gasteiger partial charge in [0.2, 0.25) is 0 Å². The standard InChI is InChI=1S/C15H17BrN4/c1-11-6-12(2)20(19-11)5-3-4-18-15-8-13(10-17)7-14(16)9-15/h6-9,18H,3-5H2,1-2H3. The molecular weight excluding hydrogens is 316 g/mol. The van der Waals surface area contributed by atoms with E-state index in [-0.39, 0.29) is 0 Å². The summed E-state index contributed by atoms with van der Waals surface area (Å²) in [7, 11) is 0. The molecule has 0 fully saturated rings. The first-order valence-electron chi connectivity index (χ1n) is 6.54. The number of nitrogens with one attached hydrogen (secondary N) is 1. The molecule has 0 saturated carbocycles. The van der Waals surface area contributed by atoms with E-state index in [0.717, 1.165) is 35.4 Å². The molecule has 1 aromatic heterocycles. The van der Waals surface area contributed by atoms with Crippen molar-refractivity contribution in [2.45, 2.75) is 26.8 Å². The summed E-state index contributed by atoms with van der Waals surface area (Å²) >= 11 is 3.41. The Hall–Kier alpha value is -1.80. The van der Waals surface area contributed by atoms with Gasteiger partial charge in [0.05, 0.1) is 17.3 Å². The number of nitriles is 1. The van der Waals surface area contributed by atoms with Gasteiger partial charge in [0, 0.05) is 28.9 Å². The second-order valence-electron chi connectivity index (χ2n) is 4.77. The van der Waals surface area contributed by atoms with Crippen LogP contribution in [0.1, 0.15) is 23.4 Å². The van der Waals surface area contributed by atoms with Crippen LogP contribution in [0.2, 0.25) is 0 Å². The van der Waals surface area contributed by atoms with Gasteiger partial charge in [0.15, 0.2) is 0 Å². The largest absolute Gasteiger partial charge is 0.385 e. The Bertz CT molecular complexity index is 640. The van der Waals surface area contributed by atoms with Gasteiger partial charge in [-0.3, -0.25) is 4.68 Å². The highest BCUT2D eigenvalue weighted by Gasteiger charge is 2.01. The molecule has 20 heavy (non-hydrogen) atoms. The van der Waals surface area contributed by atoms with Crippen LogP contribution in [-0.4, -0.2) is 16.3 Å². The number of aryl methyl sites for hydroxylation is 3. The molecule has 0 aliphatic heterocycles. The first-order valence-corrected chi connectivity index (χ1v) is 7.33. The van der Waals surface area contributed by atoms with Crippen LogP contribution >= 0.6 is 15.9 Å². The molecule has 0 aliphatic rings. The molecule has 5 heteroatoms. The Morgan fingerprint density at radius 2 is 2.10 bits per heavy atom. The van der Waals surface area contributed by atoms with Crippen LogP contribution in [0, 0.1) is 25.2 Å². The summed E-state index contributed by atoms with van der Waals surface area (Å²) in [5.74, 6) is 0. The van der Waals surface area contributed by atoms with Crippen molar-refractivity contribution in [1.29, 1.82) is 5.26 Å². The minimum absolute atomic E-state index is 0.653. The molecule has 0 radical (unpaired) electrons. The maximum Gasteiger partial charge on any atom is 0.0992 e. The number of hydrogen-bond donors (Lipinski definition) is 1. The highest BCUT2D eigenvalue weighted by molar-refractivity contribution is 9.10. The second kappa shape index (κ2) is 6.58. The third kappa shape index (κ3) is 3.84. The van der Waals surface area contributed by atoms with Crippen molar-refractivity contribution in [3.05, 3.63) is 45.7 Å². The molecule has 4 nitrogen and oxygen atoms in total. The predicted octanol–water partition coefficient (Wildman–Crippen LogP) is 3.64. The fraction of sp³-hybridized carbons (Fsp3) is 0.333. The zero-order chi connectivity index (χ0) is 14.5. The van der Waals surface area contributed by atoms with Gasteiger partial charge in [0.25, 0.3) is 0 Å². The second-order valence-corrected chi connectivity index (χ2v) is 5.69. The number of nitrogens with zero attached hydrogens (tertiary/aromatic N) is 3. The molecule has 0 aliphatic carbocycles. The molecule has 2 aromatic rings. The monoisotopic (exact) mass is 332 g/mol. The Morgan fingerprint density at radius 1 is 1.30 bits per heavy atom. The quantitative estimate of drug-likeness (QED) is 0.850. The molecule has 104 valence electrons. The van der Waals surface area contributed by atoms with Crippen molar-refractivity contribution in [3.63, 3.8) is 0 Å². The van der Waals surface area contributed by atoms with Gasteiger partial charge in [-0.2, -0.15) is 10.4 Å². The normalized spacial score (nSPS) is 10.3.